The summed E-state index contributed by atoms with van der Waals surface area (Å²) < 4.78 is 5.76. The Labute approximate surface area is 79.0 Å². The summed E-state index contributed by atoms with van der Waals surface area (Å²) in [5.41, 5.74) is 0.793. The van der Waals surface area contributed by atoms with E-state index in [4.69, 9.17) is 4.12 Å². The monoisotopic (exact) mass is 196 g/mol. The van der Waals surface area contributed by atoms with Crippen molar-refractivity contribution in [2.75, 3.05) is 0 Å². The van der Waals surface area contributed by atoms with E-state index in [1.54, 1.807) is 0 Å². The molecule has 0 saturated heterocycles. The molecule has 0 saturated carbocycles. The molecular formula is C9H16OSi2. The van der Waals surface area contributed by atoms with E-state index in [1.807, 2.05) is 0 Å². The summed E-state index contributed by atoms with van der Waals surface area (Å²) in [7, 11) is -0.628. The van der Waals surface area contributed by atoms with Gasteiger partial charge in [0.2, 0.25) is 0 Å². The van der Waals surface area contributed by atoms with Crippen LogP contribution in [-0.4, -0.2) is 19.5 Å². The van der Waals surface area contributed by atoms with E-state index in [1.165, 1.54) is 5.19 Å². The van der Waals surface area contributed by atoms with Crippen molar-refractivity contribution in [1.82, 2.24) is 0 Å². The van der Waals surface area contributed by atoms with Crippen LogP contribution in [0.1, 0.15) is 13.8 Å². The van der Waals surface area contributed by atoms with E-state index < -0.39 is 9.76 Å². The number of hydrogen-bond acceptors (Lipinski definition) is 1. The molecule has 0 radical (unpaired) electrons. The zero-order valence-corrected chi connectivity index (χ0v) is 10.6. The smallest absolute Gasteiger partial charge is 0.178 e. The normalized spacial score (nSPS) is 12.6. The summed E-state index contributed by atoms with van der Waals surface area (Å²) in [5, 5.41) is 1.42. The van der Waals surface area contributed by atoms with E-state index in [-0.39, 0.29) is 9.76 Å². The number of benzene rings is 1. The topological polar surface area (TPSA) is 9.23 Å². The third-order valence-electron chi connectivity index (χ3n) is 1.56. The van der Waals surface area contributed by atoms with Crippen molar-refractivity contribution < 1.29 is 4.12 Å². The van der Waals surface area contributed by atoms with Crippen LogP contribution in [-0.2, 0) is 4.12 Å². The highest BCUT2D eigenvalue weighted by atomic mass is 28.3. The molecule has 0 aliphatic carbocycles. The largest absolute Gasteiger partial charge is 0.461 e. The van der Waals surface area contributed by atoms with E-state index in [0.29, 0.717) is 0 Å². The van der Waals surface area contributed by atoms with Crippen molar-refractivity contribution in [1.29, 1.82) is 0 Å². The molecule has 66 valence electrons. The van der Waals surface area contributed by atoms with E-state index in [0.717, 1.165) is 5.54 Å². The van der Waals surface area contributed by atoms with Crippen LogP contribution in [0.25, 0.3) is 0 Å². The third-order valence-corrected chi connectivity index (χ3v) is 4.79. The van der Waals surface area contributed by atoms with Crippen LogP contribution in [0.15, 0.2) is 30.3 Å². The first kappa shape index (κ1) is 9.70. The van der Waals surface area contributed by atoms with Crippen molar-refractivity contribution in [3.05, 3.63) is 30.3 Å². The molecule has 0 aliphatic heterocycles. The maximum Gasteiger partial charge on any atom is 0.178 e. The van der Waals surface area contributed by atoms with E-state index in [2.05, 4.69) is 44.2 Å². The lowest BCUT2D eigenvalue weighted by molar-refractivity contribution is 0.633. The second-order valence-electron chi connectivity index (χ2n) is 3.39. The Morgan fingerprint density at radius 2 is 1.83 bits per heavy atom. The molecule has 0 amide bonds. The van der Waals surface area contributed by atoms with Crippen molar-refractivity contribution in [3.63, 3.8) is 0 Å². The van der Waals surface area contributed by atoms with Gasteiger partial charge in [0.05, 0.1) is 0 Å². The Bertz CT molecular complexity index is 211. The van der Waals surface area contributed by atoms with Gasteiger partial charge in [-0.05, 0) is 10.7 Å². The summed E-state index contributed by atoms with van der Waals surface area (Å²) >= 11 is 0. The van der Waals surface area contributed by atoms with Crippen molar-refractivity contribution >= 4 is 24.7 Å². The van der Waals surface area contributed by atoms with Crippen LogP contribution < -0.4 is 5.19 Å². The van der Waals surface area contributed by atoms with Crippen molar-refractivity contribution in [2.45, 2.75) is 19.4 Å². The Hall–Kier alpha value is -0.386. The van der Waals surface area contributed by atoms with Crippen LogP contribution in [0.3, 0.4) is 0 Å². The van der Waals surface area contributed by atoms with Gasteiger partial charge in [-0.25, -0.2) is 0 Å². The molecule has 1 nitrogen and oxygen atoms in total. The highest BCUT2D eigenvalue weighted by Gasteiger charge is 1.96. The number of hydrogen-bond donors (Lipinski definition) is 0. The van der Waals surface area contributed by atoms with Gasteiger partial charge >= 0.3 is 0 Å². The molecule has 1 rings (SSSR count). The molecule has 0 aromatic heterocycles. The maximum atomic E-state index is 5.76. The highest BCUT2D eigenvalue weighted by Crippen LogP contribution is 1.95. The zero-order chi connectivity index (χ0) is 8.81. The van der Waals surface area contributed by atoms with Gasteiger partial charge in [-0.2, -0.15) is 0 Å². The molecule has 1 aromatic carbocycles. The molecule has 0 atom stereocenters. The molecule has 0 N–H and O–H groups in total. The Kier molecular flexibility index (Phi) is 4.28. The van der Waals surface area contributed by atoms with Gasteiger partial charge in [-0.1, -0.05) is 44.2 Å². The first-order valence-corrected chi connectivity index (χ1v) is 7.08. The molecular weight excluding hydrogens is 180 g/mol. The third kappa shape index (κ3) is 3.85. The number of rotatable bonds is 4. The van der Waals surface area contributed by atoms with Gasteiger partial charge in [0.15, 0.2) is 9.76 Å². The molecule has 0 unspecified atom stereocenters. The van der Waals surface area contributed by atoms with Gasteiger partial charge in [-0.3, -0.25) is 0 Å². The lowest BCUT2D eigenvalue weighted by Crippen LogP contribution is -2.19. The second-order valence-corrected chi connectivity index (χ2v) is 8.10. The van der Waals surface area contributed by atoms with E-state index in [9.17, 15) is 0 Å². The Balaban J connectivity index is 2.25. The molecule has 0 heterocycles. The zero-order valence-electron chi connectivity index (χ0n) is 7.79. The van der Waals surface area contributed by atoms with Crippen LogP contribution in [0, 0.1) is 0 Å². The SMILES string of the molecule is CC(C)[SiH2]O[SiH2]c1ccccc1. The molecule has 0 aliphatic rings. The van der Waals surface area contributed by atoms with Crippen LogP contribution in [0.4, 0.5) is 0 Å². The average Bonchev–Trinajstić information content (AvgIpc) is 2.05. The quantitative estimate of drug-likeness (QED) is 0.631. The predicted octanol–water partition coefficient (Wildman–Crippen LogP) is 0.324. The minimum atomic E-state index is -0.392. The molecule has 0 spiro atoms. The lowest BCUT2D eigenvalue weighted by Gasteiger charge is -2.05. The molecule has 1 aromatic rings. The van der Waals surface area contributed by atoms with Crippen molar-refractivity contribution in [3.8, 4) is 0 Å². The fourth-order valence-electron chi connectivity index (χ4n) is 0.987. The molecule has 0 fully saturated rings. The fraction of sp³-hybridized carbons (Fsp3) is 0.333. The fourth-order valence-corrected chi connectivity index (χ4v) is 4.75. The van der Waals surface area contributed by atoms with Crippen molar-refractivity contribution in [2.24, 2.45) is 0 Å². The van der Waals surface area contributed by atoms with Gasteiger partial charge in [0, 0.05) is 0 Å². The predicted molar refractivity (Wildman–Crippen MR) is 59.3 cm³/mol. The molecule has 12 heavy (non-hydrogen) atoms. The van der Waals surface area contributed by atoms with Crippen LogP contribution in [0.5, 0.6) is 0 Å². The second kappa shape index (κ2) is 5.29. The maximum absolute atomic E-state index is 5.76. The highest BCUT2D eigenvalue weighted by molar-refractivity contribution is 6.54. The lowest BCUT2D eigenvalue weighted by atomic mass is 10.4. The summed E-state index contributed by atoms with van der Waals surface area (Å²) in [6, 6.07) is 10.6. The molecule has 0 bridgehead atoms. The van der Waals surface area contributed by atoms with E-state index >= 15 is 0 Å². The minimum Gasteiger partial charge on any atom is -0.461 e. The summed E-state index contributed by atoms with van der Waals surface area (Å²) in [5.74, 6) is 0. The average molecular weight is 196 g/mol. The van der Waals surface area contributed by atoms with Gasteiger partial charge in [0.1, 0.15) is 9.76 Å². The summed E-state index contributed by atoms with van der Waals surface area (Å²) in [4.78, 5) is 0. The van der Waals surface area contributed by atoms with Crippen LogP contribution >= 0.6 is 0 Å². The van der Waals surface area contributed by atoms with Gasteiger partial charge in [0.25, 0.3) is 0 Å². The first-order chi connectivity index (χ1) is 5.79. The van der Waals surface area contributed by atoms with Crippen LogP contribution in [0.2, 0.25) is 5.54 Å². The van der Waals surface area contributed by atoms with Gasteiger partial charge in [-0.15, -0.1) is 0 Å². The molecule has 3 heteroatoms. The Morgan fingerprint density at radius 3 is 2.42 bits per heavy atom. The van der Waals surface area contributed by atoms with Gasteiger partial charge < -0.3 is 4.12 Å². The Morgan fingerprint density at radius 1 is 1.17 bits per heavy atom. The summed E-state index contributed by atoms with van der Waals surface area (Å²) in [6.07, 6.45) is 0. The summed E-state index contributed by atoms with van der Waals surface area (Å²) in [6.45, 7) is 4.48. The first-order valence-electron chi connectivity index (χ1n) is 4.40. The minimum absolute atomic E-state index is 0.236. The standard InChI is InChI=1S/C9H16OSi2/c1-8(2)11-10-12-9-6-4-3-5-7-9/h3-8H,11-12H2,1-2H3.